The quantitative estimate of drug-likeness (QED) is 0.284. The Morgan fingerprint density at radius 2 is 1.71 bits per heavy atom. The Kier molecular flexibility index (Phi) is 5.72. The minimum absolute atomic E-state index is 0.841. The molecule has 4 nitrogen and oxygen atoms in total. The predicted molar refractivity (Wildman–Crippen MR) is 118 cm³/mol. The fourth-order valence-corrected chi connectivity index (χ4v) is 4.39. The minimum atomic E-state index is 0.841. The molecule has 0 radical (unpaired) electrons. The van der Waals surface area contributed by atoms with Crippen molar-refractivity contribution >= 4 is 22.7 Å². The highest BCUT2D eigenvalue weighted by Gasteiger charge is 2.17. The molecule has 0 spiro atoms. The second kappa shape index (κ2) is 8.57. The van der Waals surface area contributed by atoms with Gasteiger partial charge in [-0.15, -0.1) is 10.2 Å². The first kappa shape index (κ1) is 18.7. The van der Waals surface area contributed by atoms with Gasteiger partial charge in [-0.3, -0.25) is 0 Å². The van der Waals surface area contributed by atoms with E-state index >= 15 is 0 Å². The molecule has 0 aliphatic heterocycles. The number of rotatable bonds is 7. The van der Waals surface area contributed by atoms with Crippen molar-refractivity contribution < 1.29 is 0 Å². The second-order valence-corrected chi connectivity index (χ2v) is 7.75. The molecule has 4 rings (SSSR count). The van der Waals surface area contributed by atoms with Crippen LogP contribution in [0.1, 0.15) is 26.7 Å². The Morgan fingerprint density at radius 3 is 2.50 bits per heavy atom. The summed E-state index contributed by atoms with van der Waals surface area (Å²) < 4.78 is 2.22. The van der Waals surface area contributed by atoms with Gasteiger partial charge in [-0.2, -0.15) is 0 Å². The first-order valence-electron chi connectivity index (χ1n) is 9.83. The van der Waals surface area contributed by atoms with Crippen molar-refractivity contribution in [2.75, 3.05) is 5.75 Å². The summed E-state index contributed by atoms with van der Waals surface area (Å²) in [5.41, 5.74) is 4.13. The smallest absolute Gasteiger partial charge is 0.191 e. The van der Waals surface area contributed by atoms with Crippen LogP contribution in [0.5, 0.6) is 0 Å². The molecular formula is C23H24N4S. The van der Waals surface area contributed by atoms with E-state index in [0.717, 1.165) is 51.0 Å². The molecule has 2 aromatic heterocycles. The van der Waals surface area contributed by atoms with Crippen molar-refractivity contribution in [3.63, 3.8) is 0 Å². The van der Waals surface area contributed by atoms with Crippen LogP contribution < -0.4 is 0 Å². The Labute approximate surface area is 170 Å². The van der Waals surface area contributed by atoms with Gasteiger partial charge in [0.15, 0.2) is 11.0 Å². The molecule has 2 heterocycles. The number of hydrogen-bond donors (Lipinski definition) is 0. The van der Waals surface area contributed by atoms with E-state index in [-0.39, 0.29) is 0 Å². The zero-order valence-corrected chi connectivity index (χ0v) is 17.1. The van der Waals surface area contributed by atoms with Gasteiger partial charge in [-0.25, -0.2) is 4.98 Å². The lowest BCUT2D eigenvalue weighted by atomic mass is 10.0. The summed E-state index contributed by atoms with van der Waals surface area (Å²) in [6.07, 6.45) is 2.38. The summed E-state index contributed by atoms with van der Waals surface area (Å²) in [6, 6.07) is 20.7. The number of hydrogen-bond acceptors (Lipinski definition) is 4. The van der Waals surface area contributed by atoms with Gasteiger partial charge in [0.25, 0.3) is 0 Å². The lowest BCUT2D eigenvalue weighted by Gasteiger charge is -2.11. The molecule has 0 unspecified atom stereocenters. The van der Waals surface area contributed by atoms with Crippen molar-refractivity contribution in [3.8, 4) is 22.6 Å². The third kappa shape index (κ3) is 3.67. The number of unbranched alkanes of at least 4 members (excludes halogenated alkanes) is 1. The number of aromatic nitrogens is 4. The van der Waals surface area contributed by atoms with Gasteiger partial charge in [-0.05, 0) is 25.5 Å². The van der Waals surface area contributed by atoms with Crippen LogP contribution in [0.2, 0.25) is 0 Å². The standard InChI is InChI=1S/C23H24N4S/c1-3-5-15-28-23-26-25-22(27(23)4-2)19-16-21(17-11-7-6-8-12-17)24-20-14-10-9-13-18(19)20/h6-14,16H,3-5,15H2,1-2H3. The largest absolute Gasteiger partial charge is 0.302 e. The molecule has 0 saturated carbocycles. The van der Waals surface area contributed by atoms with Crippen molar-refractivity contribution in [3.05, 3.63) is 60.7 Å². The maximum atomic E-state index is 4.89. The highest BCUT2D eigenvalue weighted by molar-refractivity contribution is 7.99. The van der Waals surface area contributed by atoms with E-state index in [0.29, 0.717) is 0 Å². The van der Waals surface area contributed by atoms with E-state index in [1.54, 1.807) is 11.8 Å². The molecule has 5 heteroatoms. The van der Waals surface area contributed by atoms with E-state index in [1.807, 2.05) is 24.3 Å². The lowest BCUT2D eigenvalue weighted by molar-refractivity contribution is 0.687. The van der Waals surface area contributed by atoms with E-state index in [9.17, 15) is 0 Å². The first-order chi connectivity index (χ1) is 13.8. The molecular weight excluding hydrogens is 364 g/mol. The van der Waals surface area contributed by atoms with E-state index in [1.165, 1.54) is 12.8 Å². The normalized spacial score (nSPS) is 11.2. The zero-order chi connectivity index (χ0) is 19.3. The Bertz CT molecular complexity index is 1070. The summed E-state index contributed by atoms with van der Waals surface area (Å²) >= 11 is 1.79. The Morgan fingerprint density at radius 1 is 0.929 bits per heavy atom. The Balaban J connectivity index is 1.86. The molecule has 2 aromatic carbocycles. The SMILES string of the molecule is CCCCSc1nnc(-c2cc(-c3ccccc3)nc3ccccc23)n1CC. The molecule has 0 bridgehead atoms. The molecule has 142 valence electrons. The maximum Gasteiger partial charge on any atom is 0.191 e. The summed E-state index contributed by atoms with van der Waals surface area (Å²) in [5, 5.41) is 11.2. The van der Waals surface area contributed by atoms with Crippen molar-refractivity contribution in [1.82, 2.24) is 19.7 Å². The number of thioether (sulfide) groups is 1. The lowest BCUT2D eigenvalue weighted by Crippen LogP contribution is -2.01. The topological polar surface area (TPSA) is 43.6 Å². The van der Waals surface area contributed by atoms with E-state index in [4.69, 9.17) is 4.98 Å². The van der Waals surface area contributed by atoms with Crippen LogP contribution in [0.25, 0.3) is 33.5 Å². The second-order valence-electron chi connectivity index (χ2n) is 6.69. The number of fused-ring (bicyclic) bond motifs is 1. The highest BCUT2D eigenvalue weighted by atomic mass is 32.2. The van der Waals surface area contributed by atoms with Crippen LogP contribution in [0.4, 0.5) is 0 Å². The molecule has 0 N–H and O–H groups in total. The molecule has 0 aliphatic carbocycles. The summed E-state index contributed by atoms with van der Waals surface area (Å²) in [7, 11) is 0. The van der Waals surface area contributed by atoms with Gasteiger partial charge in [0.05, 0.1) is 11.2 Å². The number of nitrogens with zero attached hydrogens (tertiary/aromatic N) is 4. The van der Waals surface area contributed by atoms with Gasteiger partial charge in [0.2, 0.25) is 0 Å². The van der Waals surface area contributed by atoms with Crippen LogP contribution in [-0.4, -0.2) is 25.5 Å². The maximum absolute atomic E-state index is 4.89. The molecule has 0 aliphatic rings. The molecule has 0 amide bonds. The van der Waals surface area contributed by atoms with Crippen LogP contribution >= 0.6 is 11.8 Å². The van der Waals surface area contributed by atoms with Crippen molar-refractivity contribution in [2.45, 2.75) is 38.4 Å². The van der Waals surface area contributed by atoms with E-state index in [2.05, 4.69) is 65.0 Å². The van der Waals surface area contributed by atoms with Crippen molar-refractivity contribution in [1.29, 1.82) is 0 Å². The molecule has 4 aromatic rings. The number of benzene rings is 2. The summed E-state index contributed by atoms with van der Waals surface area (Å²) in [4.78, 5) is 4.89. The van der Waals surface area contributed by atoms with Gasteiger partial charge in [0, 0.05) is 28.8 Å². The van der Waals surface area contributed by atoms with Gasteiger partial charge in [-0.1, -0.05) is 73.6 Å². The zero-order valence-electron chi connectivity index (χ0n) is 16.3. The fraction of sp³-hybridized carbons (Fsp3) is 0.261. The molecule has 28 heavy (non-hydrogen) atoms. The number of pyridine rings is 1. The Hall–Kier alpha value is -2.66. The monoisotopic (exact) mass is 388 g/mol. The van der Waals surface area contributed by atoms with Crippen LogP contribution in [-0.2, 0) is 6.54 Å². The fourth-order valence-electron chi connectivity index (χ4n) is 3.30. The molecule has 0 fully saturated rings. The average molecular weight is 389 g/mol. The van der Waals surface area contributed by atoms with Gasteiger partial charge < -0.3 is 4.57 Å². The van der Waals surface area contributed by atoms with Gasteiger partial charge in [0.1, 0.15) is 0 Å². The molecule has 0 atom stereocenters. The highest BCUT2D eigenvalue weighted by Crippen LogP contribution is 2.33. The average Bonchev–Trinajstić information content (AvgIpc) is 3.16. The van der Waals surface area contributed by atoms with Crippen LogP contribution in [0, 0.1) is 0 Å². The van der Waals surface area contributed by atoms with Gasteiger partial charge >= 0.3 is 0 Å². The summed E-state index contributed by atoms with van der Waals surface area (Å²) in [6.45, 7) is 5.21. The number of para-hydroxylation sites is 1. The third-order valence-electron chi connectivity index (χ3n) is 4.79. The van der Waals surface area contributed by atoms with Crippen molar-refractivity contribution in [2.24, 2.45) is 0 Å². The van der Waals surface area contributed by atoms with Crippen LogP contribution in [0.15, 0.2) is 65.8 Å². The molecule has 0 saturated heterocycles. The van der Waals surface area contributed by atoms with E-state index < -0.39 is 0 Å². The minimum Gasteiger partial charge on any atom is -0.302 e. The summed E-state index contributed by atoms with van der Waals surface area (Å²) in [5.74, 6) is 1.98. The van der Waals surface area contributed by atoms with Crippen LogP contribution in [0.3, 0.4) is 0 Å². The first-order valence-corrected chi connectivity index (χ1v) is 10.8. The predicted octanol–water partition coefficient (Wildman–Crippen LogP) is 6.07. The third-order valence-corrected chi connectivity index (χ3v) is 5.84.